The predicted octanol–water partition coefficient (Wildman–Crippen LogP) is 2.28. The molecule has 1 aliphatic rings. The van der Waals surface area contributed by atoms with Gasteiger partial charge in [-0.15, -0.1) is 0 Å². The van der Waals surface area contributed by atoms with E-state index in [0.717, 1.165) is 11.6 Å². The molecule has 0 bridgehead atoms. The van der Waals surface area contributed by atoms with Gasteiger partial charge < -0.3 is 15.0 Å². The number of nitrogens with one attached hydrogen (secondary N) is 1. The van der Waals surface area contributed by atoms with Crippen LogP contribution in [0.15, 0.2) is 48.5 Å². The molecule has 1 heterocycles. The normalized spacial score (nSPS) is 12.9. The van der Waals surface area contributed by atoms with Gasteiger partial charge in [-0.2, -0.15) is 0 Å². The number of ether oxygens (including phenoxy) is 1. The summed E-state index contributed by atoms with van der Waals surface area (Å²) in [6, 6.07) is 12.8. The summed E-state index contributed by atoms with van der Waals surface area (Å²) in [5, 5.41) is 2.52. The molecule has 2 amide bonds. The lowest BCUT2D eigenvalue weighted by Crippen LogP contribution is -2.38. The molecule has 0 aliphatic carbocycles. The Morgan fingerprint density at radius 1 is 1.12 bits per heavy atom. The summed E-state index contributed by atoms with van der Waals surface area (Å²) in [5.74, 6) is -2.06. The van der Waals surface area contributed by atoms with Crippen molar-refractivity contribution in [2.24, 2.45) is 0 Å². The molecule has 1 N–H and O–H groups in total. The summed E-state index contributed by atoms with van der Waals surface area (Å²) in [5.41, 5.74) is 1.24. The number of ketones is 1. The molecule has 0 radical (unpaired) electrons. The molecule has 0 saturated heterocycles. The molecule has 0 fully saturated rings. The number of alkyl carbamates (subject to hydrolysis) is 1. The largest absolute Gasteiger partial charge is 0.445 e. The van der Waals surface area contributed by atoms with E-state index in [9.17, 15) is 18.8 Å². The quantitative estimate of drug-likeness (QED) is 0.846. The van der Waals surface area contributed by atoms with Crippen LogP contribution in [0.1, 0.15) is 15.9 Å². The van der Waals surface area contributed by atoms with E-state index in [0.29, 0.717) is 5.69 Å². The van der Waals surface area contributed by atoms with Gasteiger partial charge in [-0.25, -0.2) is 9.18 Å². The van der Waals surface area contributed by atoms with Gasteiger partial charge in [-0.1, -0.05) is 30.3 Å². The summed E-state index contributed by atoms with van der Waals surface area (Å²) in [7, 11) is 0. The Morgan fingerprint density at radius 3 is 2.64 bits per heavy atom. The maximum absolute atomic E-state index is 13.2. The maximum atomic E-state index is 13.2. The second kappa shape index (κ2) is 7.12. The van der Waals surface area contributed by atoms with Crippen molar-refractivity contribution in [3.05, 3.63) is 65.5 Å². The highest BCUT2D eigenvalue weighted by molar-refractivity contribution is 6.52. The van der Waals surface area contributed by atoms with Gasteiger partial charge >= 0.3 is 6.09 Å². The lowest BCUT2D eigenvalue weighted by Gasteiger charge is -2.16. The highest BCUT2D eigenvalue weighted by Gasteiger charge is 2.35. The number of hydrogen-bond donors (Lipinski definition) is 1. The molecular weight excluding hydrogens is 327 g/mol. The Morgan fingerprint density at radius 2 is 1.88 bits per heavy atom. The monoisotopic (exact) mass is 342 g/mol. The number of amides is 2. The van der Waals surface area contributed by atoms with Crippen LogP contribution >= 0.6 is 0 Å². The molecule has 128 valence electrons. The molecule has 0 aromatic heterocycles. The molecule has 3 rings (SSSR count). The minimum atomic E-state index is -0.749. The third kappa shape index (κ3) is 3.65. The Balaban J connectivity index is 1.51. The highest BCUT2D eigenvalue weighted by Crippen LogP contribution is 2.28. The number of hydrogen-bond acceptors (Lipinski definition) is 4. The Kier molecular flexibility index (Phi) is 4.74. The molecule has 2 aromatic carbocycles. The first-order valence-electron chi connectivity index (χ1n) is 7.66. The van der Waals surface area contributed by atoms with Gasteiger partial charge in [0.05, 0.1) is 11.3 Å². The van der Waals surface area contributed by atoms with Crippen LogP contribution in [-0.2, 0) is 16.1 Å². The van der Waals surface area contributed by atoms with E-state index in [1.165, 1.54) is 17.0 Å². The van der Waals surface area contributed by atoms with Crippen LogP contribution in [0.3, 0.4) is 0 Å². The van der Waals surface area contributed by atoms with E-state index in [2.05, 4.69) is 5.32 Å². The van der Waals surface area contributed by atoms with Crippen molar-refractivity contribution in [3.8, 4) is 0 Å². The minimum Gasteiger partial charge on any atom is -0.445 e. The molecule has 6 nitrogen and oxygen atoms in total. The van der Waals surface area contributed by atoms with Crippen LogP contribution in [0.4, 0.5) is 14.9 Å². The fraction of sp³-hybridized carbons (Fsp3) is 0.167. The van der Waals surface area contributed by atoms with Gasteiger partial charge in [0.25, 0.3) is 11.7 Å². The van der Waals surface area contributed by atoms with Crippen molar-refractivity contribution >= 4 is 23.5 Å². The number of benzene rings is 2. The molecule has 0 spiro atoms. The van der Waals surface area contributed by atoms with Crippen LogP contribution < -0.4 is 10.2 Å². The first-order chi connectivity index (χ1) is 12.1. The first-order valence-corrected chi connectivity index (χ1v) is 7.66. The Bertz CT molecular complexity index is 823. The second-order valence-corrected chi connectivity index (χ2v) is 5.44. The second-order valence-electron chi connectivity index (χ2n) is 5.44. The van der Waals surface area contributed by atoms with Crippen LogP contribution in [0, 0.1) is 5.82 Å². The number of carbonyl (C=O) groups is 3. The first kappa shape index (κ1) is 16.6. The number of halogens is 1. The van der Waals surface area contributed by atoms with E-state index >= 15 is 0 Å². The number of Topliss-reactive ketones (excluding diaryl/α,β-unsaturated/α-hetero) is 1. The number of anilines is 1. The van der Waals surface area contributed by atoms with E-state index in [1.54, 1.807) is 0 Å². The molecule has 0 atom stereocenters. The molecule has 0 saturated carbocycles. The van der Waals surface area contributed by atoms with Crippen molar-refractivity contribution in [2.45, 2.75) is 6.61 Å². The van der Waals surface area contributed by atoms with Crippen LogP contribution in [0.25, 0.3) is 0 Å². The van der Waals surface area contributed by atoms with Crippen molar-refractivity contribution in [3.63, 3.8) is 0 Å². The van der Waals surface area contributed by atoms with Gasteiger partial charge in [0.15, 0.2) is 0 Å². The van der Waals surface area contributed by atoms with Gasteiger partial charge in [0, 0.05) is 13.1 Å². The number of rotatable bonds is 5. The van der Waals surface area contributed by atoms with Gasteiger partial charge in [0.2, 0.25) is 0 Å². The van der Waals surface area contributed by atoms with E-state index in [1.807, 2.05) is 30.3 Å². The predicted molar refractivity (Wildman–Crippen MR) is 87.7 cm³/mol. The lowest BCUT2D eigenvalue weighted by atomic mass is 10.1. The van der Waals surface area contributed by atoms with Crippen LogP contribution in [-0.4, -0.2) is 30.9 Å². The Labute approximate surface area is 143 Å². The maximum Gasteiger partial charge on any atom is 0.407 e. The number of nitrogens with zero attached hydrogens (tertiary/aromatic N) is 1. The summed E-state index contributed by atoms with van der Waals surface area (Å²) < 4.78 is 18.3. The van der Waals surface area contributed by atoms with E-state index < -0.39 is 23.6 Å². The van der Waals surface area contributed by atoms with Gasteiger partial charge in [-0.05, 0) is 23.8 Å². The van der Waals surface area contributed by atoms with Crippen LogP contribution in [0.5, 0.6) is 0 Å². The Hall–Kier alpha value is -3.22. The topological polar surface area (TPSA) is 75.7 Å². The number of carbonyl (C=O) groups excluding carboxylic acids is 3. The zero-order chi connectivity index (χ0) is 17.8. The van der Waals surface area contributed by atoms with E-state index in [4.69, 9.17) is 4.74 Å². The van der Waals surface area contributed by atoms with Crippen molar-refractivity contribution in [1.29, 1.82) is 0 Å². The molecule has 1 aliphatic heterocycles. The summed E-state index contributed by atoms with van der Waals surface area (Å²) in [4.78, 5) is 36.7. The summed E-state index contributed by atoms with van der Waals surface area (Å²) in [6.07, 6.45) is -0.624. The summed E-state index contributed by atoms with van der Waals surface area (Å²) >= 11 is 0. The molecule has 25 heavy (non-hydrogen) atoms. The minimum absolute atomic E-state index is 0.0386. The third-order valence-electron chi connectivity index (χ3n) is 3.75. The lowest BCUT2D eigenvalue weighted by molar-refractivity contribution is -0.114. The SMILES string of the molecule is O=C(NCCN1C(=O)C(=O)c2cc(F)ccc21)OCc1ccccc1. The van der Waals surface area contributed by atoms with Gasteiger partial charge in [-0.3, -0.25) is 9.59 Å². The van der Waals surface area contributed by atoms with Crippen LogP contribution in [0.2, 0.25) is 0 Å². The molecular formula is C18H15FN2O4. The highest BCUT2D eigenvalue weighted by atomic mass is 19.1. The molecule has 2 aromatic rings. The fourth-order valence-electron chi connectivity index (χ4n) is 2.54. The molecule has 0 unspecified atom stereocenters. The standard InChI is InChI=1S/C18H15FN2O4/c19-13-6-7-15-14(10-13)16(22)17(23)21(15)9-8-20-18(24)25-11-12-4-2-1-3-5-12/h1-7,10H,8-9,11H2,(H,20,24). The van der Waals surface area contributed by atoms with E-state index in [-0.39, 0.29) is 25.3 Å². The number of fused-ring (bicyclic) bond motifs is 1. The van der Waals surface area contributed by atoms with Crippen molar-refractivity contribution in [1.82, 2.24) is 5.32 Å². The smallest absolute Gasteiger partial charge is 0.407 e. The fourth-order valence-corrected chi connectivity index (χ4v) is 2.54. The summed E-state index contributed by atoms with van der Waals surface area (Å²) in [6.45, 7) is 0.322. The zero-order valence-corrected chi connectivity index (χ0v) is 13.2. The zero-order valence-electron chi connectivity index (χ0n) is 13.2. The van der Waals surface area contributed by atoms with Crippen molar-refractivity contribution < 1.29 is 23.5 Å². The molecule has 7 heteroatoms. The average Bonchev–Trinajstić information content (AvgIpc) is 2.85. The van der Waals surface area contributed by atoms with Crippen molar-refractivity contribution in [2.75, 3.05) is 18.0 Å². The average molecular weight is 342 g/mol. The third-order valence-corrected chi connectivity index (χ3v) is 3.75. The van der Waals surface area contributed by atoms with Gasteiger partial charge in [0.1, 0.15) is 12.4 Å².